The van der Waals surface area contributed by atoms with E-state index in [1.165, 1.54) is 5.56 Å². The first-order chi connectivity index (χ1) is 10.5. The van der Waals surface area contributed by atoms with Gasteiger partial charge in [0.1, 0.15) is 5.75 Å². The van der Waals surface area contributed by atoms with Gasteiger partial charge in [-0.1, -0.05) is 36.7 Å². The van der Waals surface area contributed by atoms with Crippen molar-refractivity contribution >= 4 is 23.2 Å². The van der Waals surface area contributed by atoms with Crippen LogP contribution in [0.4, 0.5) is 5.69 Å². The number of anilines is 1. The molecular weight excluding hydrogens is 298 g/mol. The van der Waals surface area contributed by atoms with E-state index < -0.39 is 6.10 Å². The molecule has 0 fully saturated rings. The van der Waals surface area contributed by atoms with E-state index in [1.54, 1.807) is 19.1 Å². The summed E-state index contributed by atoms with van der Waals surface area (Å²) in [7, 11) is 0. The number of hydrogen-bond acceptors (Lipinski definition) is 2. The van der Waals surface area contributed by atoms with Crippen LogP contribution in [0.2, 0.25) is 5.02 Å². The molecule has 0 heterocycles. The monoisotopic (exact) mass is 317 g/mol. The zero-order valence-corrected chi connectivity index (χ0v) is 13.8. The number of ether oxygens (including phenoxy) is 1. The summed E-state index contributed by atoms with van der Waals surface area (Å²) in [6.45, 7) is 5.68. The van der Waals surface area contributed by atoms with Crippen molar-refractivity contribution in [1.82, 2.24) is 0 Å². The predicted octanol–water partition coefficient (Wildman–Crippen LogP) is 4.62. The average molecular weight is 318 g/mol. The van der Waals surface area contributed by atoms with E-state index in [0.29, 0.717) is 16.5 Å². The summed E-state index contributed by atoms with van der Waals surface area (Å²) in [5, 5.41) is 3.48. The van der Waals surface area contributed by atoms with E-state index in [4.69, 9.17) is 16.3 Å². The number of rotatable bonds is 5. The molecule has 1 amide bonds. The Balaban J connectivity index is 2.04. The predicted molar refractivity (Wildman–Crippen MR) is 90.7 cm³/mol. The first kappa shape index (κ1) is 16.4. The van der Waals surface area contributed by atoms with Gasteiger partial charge in [-0.3, -0.25) is 4.79 Å². The van der Waals surface area contributed by atoms with E-state index in [0.717, 1.165) is 12.0 Å². The van der Waals surface area contributed by atoms with Crippen LogP contribution in [0.25, 0.3) is 0 Å². The number of nitrogens with one attached hydrogen (secondary N) is 1. The van der Waals surface area contributed by atoms with Crippen molar-refractivity contribution in [3.8, 4) is 5.75 Å². The molecule has 0 spiro atoms. The summed E-state index contributed by atoms with van der Waals surface area (Å²) in [6, 6.07) is 13.2. The molecule has 0 saturated carbocycles. The van der Waals surface area contributed by atoms with Gasteiger partial charge < -0.3 is 10.1 Å². The zero-order chi connectivity index (χ0) is 16.1. The minimum absolute atomic E-state index is 0.202. The molecule has 0 aliphatic rings. The summed E-state index contributed by atoms with van der Waals surface area (Å²) in [5.74, 6) is 0.497. The molecule has 1 unspecified atom stereocenters. The first-order valence-corrected chi connectivity index (χ1v) is 7.70. The van der Waals surface area contributed by atoms with Gasteiger partial charge in [-0.05, 0) is 55.7 Å². The largest absolute Gasteiger partial charge is 0.481 e. The fourth-order valence-electron chi connectivity index (χ4n) is 2.07. The lowest BCUT2D eigenvalue weighted by molar-refractivity contribution is -0.122. The molecule has 4 heteroatoms. The van der Waals surface area contributed by atoms with Crippen molar-refractivity contribution in [3.05, 3.63) is 58.6 Å². The Kier molecular flexibility index (Phi) is 5.45. The third kappa shape index (κ3) is 4.01. The van der Waals surface area contributed by atoms with E-state index in [-0.39, 0.29) is 5.91 Å². The standard InChI is InChI=1S/C18H20ClNO2/c1-4-14-7-5-8-15(11-14)22-13(3)18(21)20-17-10-6-9-16(19)12(17)2/h5-11,13H,4H2,1-3H3,(H,20,21). The van der Waals surface area contributed by atoms with Crippen LogP contribution in [0, 0.1) is 6.92 Å². The number of carbonyl (C=O) groups is 1. The van der Waals surface area contributed by atoms with Gasteiger partial charge in [-0.2, -0.15) is 0 Å². The lowest BCUT2D eigenvalue weighted by Gasteiger charge is -2.16. The number of aryl methyl sites for hydroxylation is 1. The van der Waals surface area contributed by atoms with Crippen LogP contribution in [0.1, 0.15) is 25.0 Å². The summed E-state index contributed by atoms with van der Waals surface area (Å²) >= 11 is 6.06. The maximum absolute atomic E-state index is 12.3. The summed E-state index contributed by atoms with van der Waals surface area (Å²) in [6.07, 6.45) is 0.338. The van der Waals surface area contributed by atoms with Crippen LogP contribution in [0.5, 0.6) is 5.75 Å². The maximum Gasteiger partial charge on any atom is 0.265 e. The summed E-state index contributed by atoms with van der Waals surface area (Å²) in [5.41, 5.74) is 2.73. The van der Waals surface area contributed by atoms with E-state index in [9.17, 15) is 4.79 Å². The van der Waals surface area contributed by atoms with Gasteiger partial charge in [-0.25, -0.2) is 0 Å². The third-order valence-corrected chi connectivity index (χ3v) is 3.92. The maximum atomic E-state index is 12.3. The van der Waals surface area contributed by atoms with Crippen LogP contribution in [0.3, 0.4) is 0 Å². The molecule has 1 atom stereocenters. The molecule has 116 valence electrons. The second-order valence-corrected chi connectivity index (χ2v) is 5.57. The fourth-order valence-corrected chi connectivity index (χ4v) is 2.25. The Labute approximate surface area is 136 Å². The van der Waals surface area contributed by atoms with Crippen molar-refractivity contribution < 1.29 is 9.53 Å². The topological polar surface area (TPSA) is 38.3 Å². The quantitative estimate of drug-likeness (QED) is 0.874. The number of benzene rings is 2. The lowest BCUT2D eigenvalue weighted by Crippen LogP contribution is -2.30. The van der Waals surface area contributed by atoms with E-state index >= 15 is 0 Å². The highest BCUT2D eigenvalue weighted by atomic mass is 35.5. The van der Waals surface area contributed by atoms with E-state index in [1.807, 2.05) is 37.3 Å². The molecule has 0 saturated heterocycles. The molecule has 0 aliphatic carbocycles. The third-order valence-electron chi connectivity index (χ3n) is 3.51. The first-order valence-electron chi connectivity index (χ1n) is 7.33. The smallest absolute Gasteiger partial charge is 0.265 e. The van der Waals surface area contributed by atoms with Gasteiger partial charge in [-0.15, -0.1) is 0 Å². The Morgan fingerprint density at radius 3 is 2.73 bits per heavy atom. The van der Waals surface area contributed by atoms with Crippen LogP contribution in [-0.4, -0.2) is 12.0 Å². The Hall–Kier alpha value is -2.00. The fraction of sp³-hybridized carbons (Fsp3) is 0.278. The summed E-state index contributed by atoms with van der Waals surface area (Å²) in [4.78, 5) is 12.3. The van der Waals surface area contributed by atoms with Gasteiger partial charge in [0.2, 0.25) is 0 Å². The number of carbonyl (C=O) groups excluding carboxylic acids is 1. The van der Waals surface area contributed by atoms with Gasteiger partial charge in [0.15, 0.2) is 6.10 Å². The van der Waals surface area contributed by atoms with Crippen LogP contribution in [0.15, 0.2) is 42.5 Å². The lowest BCUT2D eigenvalue weighted by atomic mass is 10.1. The Morgan fingerprint density at radius 2 is 2.00 bits per heavy atom. The average Bonchev–Trinajstić information content (AvgIpc) is 2.52. The molecule has 0 aromatic heterocycles. The second-order valence-electron chi connectivity index (χ2n) is 5.16. The number of halogens is 1. The molecule has 0 aliphatic heterocycles. The highest BCUT2D eigenvalue weighted by Crippen LogP contribution is 2.23. The van der Waals surface area contributed by atoms with Crippen LogP contribution < -0.4 is 10.1 Å². The van der Waals surface area contributed by atoms with Gasteiger partial charge in [0.05, 0.1) is 0 Å². The molecular formula is C18H20ClNO2. The van der Waals surface area contributed by atoms with Gasteiger partial charge in [0, 0.05) is 10.7 Å². The normalized spacial score (nSPS) is 11.8. The van der Waals surface area contributed by atoms with Crippen molar-refractivity contribution in [2.45, 2.75) is 33.3 Å². The zero-order valence-electron chi connectivity index (χ0n) is 13.0. The van der Waals surface area contributed by atoms with Crippen molar-refractivity contribution in [3.63, 3.8) is 0 Å². The van der Waals surface area contributed by atoms with Crippen LogP contribution >= 0.6 is 11.6 Å². The number of hydrogen-bond donors (Lipinski definition) is 1. The molecule has 2 rings (SSSR count). The molecule has 2 aromatic carbocycles. The Bertz CT molecular complexity index is 670. The molecule has 1 N–H and O–H groups in total. The van der Waals surface area contributed by atoms with Gasteiger partial charge >= 0.3 is 0 Å². The van der Waals surface area contributed by atoms with Gasteiger partial charge in [0.25, 0.3) is 5.91 Å². The molecule has 0 bridgehead atoms. The van der Waals surface area contributed by atoms with Crippen molar-refractivity contribution in [2.24, 2.45) is 0 Å². The highest BCUT2D eigenvalue weighted by molar-refractivity contribution is 6.31. The van der Waals surface area contributed by atoms with Crippen molar-refractivity contribution in [2.75, 3.05) is 5.32 Å². The van der Waals surface area contributed by atoms with Crippen molar-refractivity contribution in [1.29, 1.82) is 0 Å². The Morgan fingerprint density at radius 1 is 1.27 bits per heavy atom. The minimum Gasteiger partial charge on any atom is -0.481 e. The SMILES string of the molecule is CCc1cccc(OC(C)C(=O)Nc2cccc(Cl)c2C)c1. The summed E-state index contributed by atoms with van der Waals surface area (Å²) < 4.78 is 5.72. The molecule has 3 nitrogen and oxygen atoms in total. The van der Waals surface area contributed by atoms with Crippen LogP contribution in [-0.2, 0) is 11.2 Å². The molecule has 2 aromatic rings. The second kappa shape index (κ2) is 7.32. The highest BCUT2D eigenvalue weighted by Gasteiger charge is 2.16. The molecule has 0 radical (unpaired) electrons. The minimum atomic E-state index is -0.592. The van der Waals surface area contributed by atoms with E-state index in [2.05, 4.69) is 12.2 Å². The molecule has 22 heavy (non-hydrogen) atoms. The number of amides is 1.